The van der Waals surface area contributed by atoms with Crippen molar-refractivity contribution in [3.8, 4) is 23.0 Å². The van der Waals surface area contributed by atoms with Crippen LogP contribution in [0, 0.1) is 0 Å². The monoisotopic (exact) mass is 540 g/mol. The molecule has 8 nitrogen and oxygen atoms in total. The summed E-state index contributed by atoms with van der Waals surface area (Å²) in [5, 5.41) is 5.60. The Kier molecular flexibility index (Phi) is 10.8. The Morgan fingerprint density at radius 3 is 1.05 bits per heavy atom. The van der Waals surface area contributed by atoms with Gasteiger partial charge < -0.3 is 29.6 Å². The van der Waals surface area contributed by atoms with Crippen LogP contribution < -0.4 is 29.6 Å². The van der Waals surface area contributed by atoms with Crippen LogP contribution in [0.25, 0.3) is 0 Å². The summed E-state index contributed by atoms with van der Waals surface area (Å²) in [6, 6.07) is 32.8. The van der Waals surface area contributed by atoms with E-state index in [1.807, 2.05) is 60.7 Å². The second-order valence-corrected chi connectivity index (χ2v) is 8.58. The molecule has 0 atom stereocenters. The molecular weight excluding hydrogens is 508 g/mol. The first-order valence-corrected chi connectivity index (χ1v) is 13.1. The highest BCUT2D eigenvalue weighted by Crippen LogP contribution is 2.14. The summed E-state index contributed by atoms with van der Waals surface area (Å²) in [5.74, 6) is 2.42. The zero-order valence-corrected chi connectivity index (χ0v) is 22.1. The van der Waals surface area contributed by atoms with Crippen molar-refractivity contribution in [1.82, 2.24) is 10.6 Å². The third kappa shape index (κ3) is 9.40. The Balaban J connectivity index is 1.08. The predicted molar refractivity (Wildman–Crippen MR) is 152 cm³/mol. The lowest BCUT2D eigenvalue weighted by Gasteiger charge is -2.10. The minimum atomic E-state index is -0.231. The Bertz CT molecular complexity index is 1210. The molecule has 0 aliphatic rings. The Morgan fingerprint density at radius 1 is 0.425 bits per heavy atom. The summed E-state index contributed by atoms with van der Waals surface area (Å²) in [5.41, 5.74) is 1.01. The summed E-state index contributed by atoms with van der Waals surface area (Å²) >= 11 is 0. The number of hydrogen-bond acceptors (Lipinski definition) is 6. The highest BCUT2D eigenvalue weighted by atomic mass is 16.5. The summed E-state index contributed by atoms with van der Waals surface area (Å²) in [4.78, 5) is 24.8. The molecule has 0 aliphatic carbocycles. The maximum absolute atomic E-state index is 12.4. The molecule has 0 radical (unpaired) electrons. The van der Waals surface area contributed by atoms with Crippen molar-refractivity contribution in [2.24, 2.45) is 0 Å². The van der Waals surface area contributed by atoms with Crippen molar-refractivity contribution in [1.29, 1.82) is 0 Å². The van der Waals surface area contributed by atoms with E-state index in [1.54, 1.807) is 48.5 Å². The van der Waals surface area contributed by atoms with Gasteiger partial charge in [-0.15, -0.1) is 0 Å². The van der Waals surface area contributed by atoms with Crippen molar-refractivity contribution >= 4 is 11.8 Å². The standard InChI is InChI=1S/C32H32N2O6/c35-31(25-11-15-29(16-12-25)39-23-21-37-27-7-3-1-4-8-27)33-19-20-34-32(36)26-13-17-30(18-14-26)40-24-22-38-28-9-5-2-6-10-28/h1-18H,19-24H2,(H,33,35)(H,34,36). The van der Waals surface area contributed by atoms with E-state index in [9.17, 15) is 9.59 Å². The lowest BCUT2D eigenvalue weighted by Crippen LogP contribution is -2.34. The van der Waals surface area contributed by atoms with Crippen LogP contribution in [0.15, 0.2) is 109 Å². The topological polar surface area (TPSA) is 95.1 Å². The summed E-state index contributed by atoms with van der Waals surface area (Å²) < 4.78 is 22.5. The molecule has 0 heterocycles. The Labute approximate surface area is 233 Å². The normalized spacial score (nSPS) is 10.3. The molecule has 2 amide bonds. The van der Waals surface area contributed by atoms with Crippen molar-refractivity contribution in [3.05, 3.63) is 120 Å². The first-order chi connectivity index (χ1) is 19.7. The van der Waals surface area contributed by atoms with E-state index >= 15 is 0 Å². The predicted octanol–water partition coefficient (Wildman–Crippen LogP) is 4.76. The Morgan fingerprint density at radius 2 is 0.725 bits per heavy atom. The lowest BCUT2D eigenvalue weighted by atomic mass is 10.2. The highest BCUT2D eigenvalue weighted by molar-refractivity contribution is 5.95. The fourth-order valence-electron chi connectivity index (χ4n) is 3.63. The van der Waals surface area contributed by atoms with Gasteiger partial charge in [-0.3, -0.25) is 9.59 Å². The second kappa shape index (κ2) is 15.4. The molecule has 0 saturated carbocycles. The number of benzene rings is 4. The van der Waals surface area contributed by atoms with E-state index in [1.165, 1.54) is 0 Å². The maximum atomic E-state index is 12.4. The minimum Gasteiger partial charge on any atom is -0.490 e. The van der Waals surface area contributed by atoms with Gasteiger partial charge in [0.25, 0.3) is 11.8 Å². The second-order valence-electron chi connectivity index (χ2n) is 8.58. The number of amides is 2. The van der Waals surface area contributed by atoms with Crippen LogP contribution in [0.2, 0.25) is 0 Å². The van der Waals surface area contributed by atoms with Crippen molar-refractivity contribution < 1.29 is 28.5 Å². The van der Waals surface area contributed by atoms with E-state index in [0.29, 0.717) is 62.1 Å². The minimum absolute atomic E-state index is 0.231. The van der Waals surface area contributed by atoms with Crippen LogP contribution in [-0.4, -0.2) is 51.3 Å². The Hall–Kier alpha value is -4.98. The molecule has 2 N–H and O–H groups in total. The average molecular weight is 541 g/mol. The number of nitrogens with one attached hydrogen (secondary N) is 2. The van der Waals surface area contributed by atoms with Gasteiger partial charge in [0.1, 0.15) is 49.4 Å². The van der Waals surface area contributed by atoms with Gasteiger partial charge >= 0.3 is 0 Å². The van der Waals surface area contributed by atoms with Crippen molar-refractivity contribution in [2.75, 3.05) is 39.5 Å². The first kappa shape index (κ1) is 28.0. The van der Waals surface area contributed by atoms with E-state index in [4.69, 9.17) is 18.9 Å². The van der Waals surface area contributed by atoms with E-state index in [0.717, 1.165) is 11.5 Å². The molecule has 4 rings (SSSR count). The molecule has 0 bridgehead atoms. The van der Waals surface area contributed by atoms with Gasteiger partial charge in [0.2, 0.25) is 0 Å². The van der Waals surface area contributed by atoms with E-state index in [-0.39, 0.29) is 11.8 Å². The molecule has 40 heavy (non-hydrogen) atoms. The molecule has 0 spiro atoms. The summed E-state index contributed by atoms with van der Waals surface area (Å²) in [6.45, 7) is 2.20. The van der Waals surface area contributed by atoms with Crippen LogP contribution in [0.3, 0.4) is 0 Å². The van der Waals surface area contributed by atoms with Gasteiger partial charge in [-0.2, -0.15) is 0 Å². The molecular formula is C32H32N2O6. The highest BCUT2D eigenvalue weighted by Gasteiger charge is 2.08. The van der Waals surface area contributed by atoms with Crippen LogP contribution >= 0.6 is 0 Å². The third-order valence-electron chi connectivity index (χ3n) is 5.66. The number of carbonyl (C=O) groups is 2. The van der Waals surface area contributed by atoms with Gasteiger partial charge in [0.15, 0.2) is 0 Å². The fourth-order valence-corrected chi connectivity index (χ4v) is 3.63. The molecule has 206 valence electrons. The fraction of sp³-hybridized carbons (Fsp3) is 0.188. The number of para-hydroxylation sites is 2. The van der Waals surface area contributed by atoms with Crippen molar-refractivity contribution in [2.45, 2.75) is 0 Å². The molecule has 8 heteroatoms. The number of ether oxygens (including phenoxy) is 4. The number of rotatable bonds is 15. The zero-order chi connectivity index (χ0) is 27.8. The first-order valence-electron chi connectivity index (χ1n) is 13.1. The quantitative estimate of drug-likeness (QED) is 0.211. The van der Waals surface area contributed by atoms with Crippen LogP contribution in [0.5, 0.6) is 23.0 Å². The molecule has 0 unspecified atom stereocenters. The summed E-state index contributed by atoms with van der Waals surface area (Å²) in [6.07, 6.45) is 0. The SMILES string of the molecule is O=C(NCCNC(=O)c1ccc(OCCOc2ccccc2)cc1)c1ccc(OCCOc2ccccc2)cc1. The van der Waals surface area contributed by atoms with Crippen molar-refractivity contribution in [3.63, 3.8) is 0 Å². The molecule has 0 saturated heterocycles. The molecule has 0 aliphatic heterocycles. The molecule has 4 aromatic carbocycles. The number of carbonyl (C=O) groups excluding carboxylic acids is 2. The van der Waals surface area contributed by atoms with E-state index in [2.05, 4.69) is 10.6 Å². The smallest absolute Gasteiger partial charge is 0.251 e. The van der Waals surface area contributed by atoms with Gasteiger partial charge in [-0.05, 0) is 72.8 Å². The summed E-state index contributed by atoms with van der Waals surface area (Å²) in [7, 11) is 0. The maximum Gasteiger partial charge on any atom is 0.251 e. The van der Waals surface area contributed by atoms with E-state index < -0.39 is 0 Å². The molecule has 0 aromatic heterocycles. The molecule has 4 aromatic rings. The van der Waals surface area contributed by atoms with Gasteiger partial charge in [0, 0.05) is 24.2 Å². The van der Waals surface area contributed by atoms with Crippen LogP contribution in [0.1, 0.15) is 20.7 Å². The third-order valence-corrected chi connectivity index (χ3v) is 5.66. The number of hydrogen-bond donors (Lipinski definition) is 2. The zero-order valence-electron chi connectivity index (χ0n) is 22.1. The molecule has 0 fully saturated rings. The largest absolute Gasteiger partial charge is 0.490 e. The van der Waals surface area contributed by atoms with Gasteiger partial charge in [-0.1, -0.05) is 36.4 Å². The van der Waals surface area contributed by atoms with Crippen LogP contribution in [0.4, 0.5) is 0 Å². The lowest BCUT2D eigenvalue weighted by molar-refractivity contribution is 0.0927. The average Bonchev–Trinajstić information content (AvgIpc) is 3.01. The van der Waals surface area contributed by atoms with Gasteiger partial charge in [-0.25, -0.2) is 0 Å². The van der Waals surface area contributed by atoms with Crippen LogP contribution in [-0.2, 0) is 0 Å². The van der Waals surface area contributed by atoms with Gasteiger partial charge in [0.05, 0.1) is 0 Å².